The van der Waals surface area contributed by atoms with Gasteiger partial charge in [0.15, 0.2) is 0 Å². The highest BCUT2D eigenvalue weighted by Crippen LogP contribution is 2.45. The molecule has 0 spiro atoms. The van der Waals surface area contributed by atoms with Gasteiger partial charge in [-0.1, -0.05) is 56.2 Å². The molecule has 2 aromatic rings. The van der Waals surface area contributed by atoms with Crippen molar-refractivity contribution in [1.29, 1.82) is 5.26 Å². The predicted octanol–water partition coefficient (Wildman–Crippen LogP) is 7.11. The zero-order chi connectivity index (χ0) is 19.1. The molecule has 3 rings (SSSR count). The maximum absolute atomic E-state index is 9.68. The van der Waals surface area contributed by atoms with Crippen LogP contribution in [0.3, 0.4) is 0 Å². The standard InChI is InChI=1S/C25H31NO/c1-3-5-16-25(19-26)17-14-23(15-18-25)21-8-6-20(7-9-21)22-10-12-24(13-11-22)27-4-2/h6-13,23H,3-5,14-18H2,1-2H3. The first-order chi connectivity index (χ1) is 13.2. The molecular formula is C25H31NO. The number of ether oxygens (including phenoxy) is 1. The summed E-state index contributed by atoms with van der Waals surface area (Å²) in [5.41, 5.74) is 3.82. The van der Waals surface area contributed by atoms with E-state index in [-0.39, 0.29) is 5.41 Å². The third-order valence-corrected chi connectivity index (χ3v) is 6.07. The van der Waals surface area contributed by atoms with Gasteiger partial charge in [0, 0.05) is 0 Å². The molecule has 1 aliphatic rings. The normalized spacial score (nSPS) is 22.2. The Balaban J connectivity index is 1.63. The van der Waals surface area contributed by atoms with E-state index in [1.165, 1.54) is 29.5 Å². The van der Waals surface area contributed by atoms with Crippen LogP contribution >= 0.6 is 0 Å². The molecule has 0 aliphatic heterocycles. The Kier molecular flexibility index (Phi) is 6.56. The minimum Gasteiger partial charge on any atom is -0.494 e. The lowest BCUT2D eigenvalue weighted by atomic mass is 9.67. The molecule has 1 saturated carbocycles. The Labute approximate surface area is 164 Å². The van der Waals surface area contributed by atoms with Gasteiger partial charge >= 0.3 is 0 Å². The van der Waals surface area contributed by atoms with Gasteiger partial charge in [-0.3, -0.25) is 0 Å². The molecule has 0 heterocycles. The highest BCUT2D eigenvalue weighted by atomic mass is 16.5. The number of hydrogen-bond donors (Lipinski definition) is 0. The maximum Gasteiger partial charge on any atom is 0.119 e. The van der Waals surface area contributed by atoms with Crippen LogP contribution in [-0.2, 0) is 0 Å². The Hall–Kier alpha value is -2.27. The zero-order valence-corrected chi connectivity index (χ0v) is 16.7. The van der Waals surface area contributed by atoms with E-state index in [1.54, 1.807) is 0 Å². The number of unbranched alkanes of at least 4 members (excludes halogenated alkanes) is 1. The first kappa shape index (κ1) is 19.5. The van der Waals surface area contributed by atoms with Crippen LogP contribution in [0.5, 0.6) is 5.75 Å². The lowest BCUT2D eigenvalue weighted by Gasteiger charge is -2.35. The number of rotatable bonds is 7. The van der Waals surface area contributed by atoms with Crippen LogP contribution in [-0.4, -0.2) is 6.61 Å². The van der Waals surface area contributed by atoms with E-state index in [0.717, 1.165) is 37.9 Å². The molecule has 0 unspecified atom stereocenters. The van der Waals surface area contributed by atoms with Crippen molar-refractivity contribution < 1.29 is 4.74 Å². The topological polar surface area (TPSA) is 33.0 Å². The van der Waals surface area contributed by atoms with Crippen molar-refractivity contribution in [2.24, 2.45) is 5.41 Å². The summed E-state index contributed by atoms with van der Waals surface area (Å²) in [5, 5.41) is 9.68. The molecule has 27 heavy (non-hydrogen) atoms. The summed E-state index contributed by atoms with van der Waals surface area (Å²) in [6, 6.07) is 20.0. The van der Waals surface area contributed by atoms with Crippen LogP contribution in [0.1, 0.15) is 70.3 Å². The van der Waals surface area contributed by atoms with Crippen molar-refractivity contribution in [3.8, 4) is 22.9 Å². The molecule has 0 radical (unpaired) electrons. The van der Waals surface area contributed by atoms with Crippen LogP contribution in [0.25, 0.3) is 11.1 Å². The Morgan fingerprint density at radius 3 is 2.07 bits per heavy atom. The van der Waals surface area contributed by atoms with Crippen LogP contribution in [0.2, 0.25) is 0 Å². The lowest BCUT2D eigenvalue weighted by Crippen LogP contribution is -2.25. The smallest absolute Gasteiger partial charge is 0.119 e. The summed E-state index contributed by atoms with van der Waals surface area (Å²) < 4.78 is 5.52. The second-order valence-electron chi connectivity index (χ2n) is 7.85. The Bertz CT molecular complexity index is 746. The highest BCUT2D eigenvalue weighted by Gasteiger charge is 2.35. The van der Waals surface area contributed by atoms with E-state index in [1.807, 2.05) is 19.1 Å². The number of hydrogen-bond acceptors (Lipinski definition) is 2. The molecule has 2 aromatic carbocycles. The molecule has 142 valence electrons. The van der Waals surface area contributed by atoms with Gasteiger partial charge in [0.25, 0.3) is 0 Å². The third-order valence-electron chi connectivity index (χ3n) is 6.07. The van der Waals surface area contributed by atoms with Crippen LogP contribution in [0.4, 0.5) is 0 Å². The average Bonchev–Trinajstić information content (AvgIpc) is 2.74. The zero-order valence-electron chi connectivity index (χ0n) is 16.7. The Morgan fingerprint density at radius 2 is 1.56 bits per heavy atom. The summed E-state index contributed by atoms with van der Waals surface area (Å²) in [6.07, 6.45) is 7.81. The molecule has 1 fully saturated rings. The van der Waals surface area contributed by atoms with Crippen LogP contribution in [0.15, 0.2) is 48.5 Å². The summed E-state index contributed by atoms with van der Waals surface area (Å²) in [7, 11) is 0. The van der Waals surface area contributed by atoms with Crippen molar-refractivity contribution in [2.75, 3.05) is 6.61 Å². The predicted molar refractivity (Wildman–Crippen MR) is 112 cm³/mol. The minimum absolute atomic E-state index is 0.0608. The van der Waals surface area contributed by atoms with E-state index >= 15 is 0 Å². The molecule has 0 atom stereocenters. The van der Waals surface area contributed by atoms with E-state index < -0.39 is 0 Å². The SMILES string of the molecule is CCCCC1(C#N)CCC(c2ccc(-c3ccc(OCC)cc3)cc2)CC1. The average molecular weight is 362 g/mol. The molecule has 1 aliphatic carbocycles. The van der Waals surface area contributed by atoms with Crippen molar-refractivity contribution >= 4 is 0 Å². The van der Waals surface area contributed by atoms with Gasteiger partial charge in [0.05, 0.1) is 18.1 Å². The Morgan fingerprint density at radius 1 is 0.963 bits per heavy atom. The summed E-state index contributed by atoms with van der Waals surface area (Å²) in [5.74, 6) is 1.52. The van der Waals surface area contributed by atoms with Gasteiger partial charge in [0.2, 0.25) is 0 Å². The van der Waals surface area contributed by atoms with Gasteiger partial charge < -0.3 is 4.74 Å². The molecular weight excluding hydrogens is 330 g/mol. The fourth-order valence-corrected chi connectivity index (χ4v) is 4.29. The molecule has 0 bridgehead atoms. The van der Waals surface area contributed by atoms with Gasteiger partial charge in [0.1, 0.15) is 5.75 Å². The quantitative estimate of drug-likeness (QED) is 0.526. The first-order valence-electron chi connectivity index (χ1n) is 10.4. The molecule has 0 saturated heterocycles. The summed E-state index contributed by atoms with van der Waals surface area (Å²) >= 11 is 0. The molecule has 0 N–H and O–H groups in total. The summed E-state index contributed by atoms with van der Waals surface area (Å²) in [4.78, 5) is 0. The molecule has 0 amide bonds. The summed E-state index contributed by atoms with van der Waals surface area (Å²) in [6.45, 7) is 4.91. The van der Waals surface area contributed by atoms with Gasteiger partial charge in [-0.25, -0.2) is 0 Å². The molecule has 2 nitrogen and oxygen atoms in total. The molecule has 2 heteroatoms. The van der Waals surface area contributed by atoms with Crippen LogP contribution < -0.4 is 4.74 Å². The van der Waals surface area contributed by atoms with Crippen LogP contribution in [0, 0.1) is 16.7 Å². The maximum atomic E-state index is 9.68. The largest absolute Gasteiger partial charge is 0.494 e. The van der Waals surface area contributed by atoms with Crippen molar-refractivity contribution in [3.63, 3.8) is 0 Å². The fourth-order valence-electron chi connectivity index (χ4n) is 4.29. The monoisotopic (exact) mass is 361 g/mol. The number of nitriles is 1. The van der Waals surface area contributed by atoms with Gasteiger partial charge in [-0.05, 0) is 73.8 Å². The minimum atomic E-state index is -0.0608. The lowest BCUT2D eigenvalue weighted by molar-refractivity contribution is 0.224. The van der Waals surface area contributed by atoms with Crippen molar-refractivity contribution in [3.05, 3.63) is 54.1 Å². The number of benzene rings is 2. The second-order valence-corrected chi connectivity index (χ2v) is 7.85. The highest BCUT2D eigenvalue weighted by molar-refractivity contribution is 5.64. The molecule has 0 aromatic heterocycles. The van der Waals surface area contributed by atoms with Gasteiger partial charge in [-0.2, -0.15) is 5.26 Å². The second kappa shape index (κ2) is 9.09. The first-order valence-corrected chi connectivity index (χ1v) is 10.4. The van der Waals surface area contributed by atoms with Gasteiger partial charge in [-0.15, -0.1) is 0 Å². The van der Waals surface area contributed by atoms with Crippen molar-refractivity contribution in [1.82, 2.24) is 0 Å². The van der Waals surface area contributed by atoms with E-state index in [4.69, 9.17) is 4.74 Å². The number of nitrogens with zero attached hydrogens (tertiary/aromatic N) is 1. The van der Waals surface area contributed by atoms with E-state index in [0.29, 0.717) is 12.5 Å². The van der Waals surface area contributed by atoms with E-state index in [2.05, 4.69) is 49.4 Å². The van der Waals surface area contributed by atoms with E-state index in [9.17, 15) is 5.26 Å². The fraction of sp³-hybridized carbons (Fsp3) is 0.480. The van der Waals surface area contributed by atoms with Crippen molar-refractivity contribution in [2.45, 2.75) is 64.7 Å². The third kappa shape index (κ3) is 4.72.